The highest BCUT2D eigenvalue weighted by atomic mass is 32.1. The van der Waals surface area contributed by atoms with E-state index in [4.69, 9.17) is 5.11 Å². The van der Waals surface area contributed by atoms with E-state index >= 15 is 0 Å². The van der Waals surface area contributed by atoms with Crippen LogP contribution in [-0.4, -0.2) is 16.1 Å². The summed E-state index contributed by atoms with van der Waals surface area (Å²) in [6.45, 7) is 0. The van der Waals surface area contributed by atoms with Gasteiger partial charge < -0.3 is 10.1 Å². The van der Waals surface area contributed by atoms with Gasteiger partial charge in [-0.2, -0.15) is 0 Å². The fourth-order valence-corrected chi connectivity index (χ4v) is 2.81. The monoisotopic (exact) mass is 257 g/mol. The molecule has 0 aliphatic rings. The van der Waals surface area contributed by atoms with Gasteiger partial charge >= 0.3 is 5.97 Å². The maximum atomic E-state index is 10.8. The van der Waals surface area contributed by atoms with Crippen LogP contribution in [-0.2, 0) is 11.2 Å². The van der Waals surface area contributed by atoms with Crippen molar-refractivity contribution in [1.82, 2.24) is 4.98 Å². The van der Waals surface area contributed by atoms with Gasteiger partial charge in [-0.1, -0.05) is 12.1 Å². The van der Waals surface area contributed by atoms with E-state index in [9.17, 15) is 4.79 Å². The smallest absolute Gasteiger partial charge is 0.307 e. The number of carbonyl (C=O) groups is 1. The molecule has 2 N–H and O–H groups in total. The SMILES string of the molecule is O=C(O)Cc1c[nH]c2ccc(-c3cccs3)cc12. The van der Waals surface area contributed by atoms with Gasteiger partial charge in [0, 0.05) is 22.0 Å². The summed E-state index contributed by atoms with van der Waals surface area (Å²) < 4.78 is 0. The Hall–Kier alpha value is -2.07. The average molecular weight is 257 g/mol. The number of carboxylic acid groups (broad SMARTS) is 1. The molecule has 3 rings (SSSR count). The number of hydrogen-bond donors (Lipinski definition) is 2. The normalized spacial score (nSPS) is 10.9. The molecule has 0 spiro atoms. The molecule has 0 atom stereocenters. The summed E-state index contributed by atoms with van der Waals surface area (Å²) in [7, 11) is 0. The van der Waals surface area contributed by atoms with Crippen LogP contribution in [0.5, 0.6) is 0 Å². The molecule has 3 nitrogen and oxygen atoms in total. The third-order valence-corrected chi connectivity index (χ3v) is 3.83. The van der Waals surface area contributed by atoms with Gasteiger partial charge in [-0.15, -0.1) is 11.3 Å². The maximum Gasteiger partial charge on any atom is 0.307 e. The molecule has 0 unspecified atom stereocenters. The zero-order valence-electron chi connectivity index (χ0n) is 9.51. The first-order chi connectivity index (χ1) is 8.74. The predicted molar refractivity (Wildman–Crippen MR) is 73.0 cm³/mol. The van der Waals surface area contributed by atoms with E-state index in [1.807, 2.05) is 17.5 Å². The van der Waals surface area contributed by atoms with E-state index in [1.165, 1.54) is 4.88 Å². The Labute approximate surface area is 108 Å². The topological polar surface area (TPSA) is 53.1 Å². The molecular formula is C14H11NO2S. The maximum absolute atomic E-state index is 10.8. The van der Waals surface area contributed by atoms with Crippen molar-refractivity contribution in [1.29, 1.82) is 0 Å². The minimum absolute atomic E-state index is 0.0495. The van der Waals surface area contributed by atoms with E-state index in [2.05, 4.69) is 23.2 Å². The number of carboxylic acids is 1. The summed E-state index contributed by atoms with van der Waals surface area (Å²) in [5.74, 6) is -0.808. The van der Waals surface area contributed by atoms with Gasteiger partial charge in [0.25, 0.3) is 0 Å². The summed E-state index contributed by atoms with van der Waals surface area (Å²) in [5.41, 5.74) is 2.94. The molecule has 3 aromatic rings. The fraction of sp³-hybridized carbons (Fsp3) is 0.0714. The highest BCUT2D eigenvalue weighted by Crippen LogP contribution is 2.29. The lowest BCUT2D eigenvalue weighted by atomic mass is 10.1. The third-order valence-electron chi connectivity index (χ3n) is 2.91. The van der Waals surface area contributed by atoms with Crippen LogP contribution < -0.4 is 0 Å². The summed E-state index contributed by atoms with van der Waals surface area (Å²) in [6, 6.07) is 10.2. The van der Waals surface area contributed by atoms with Crippen molar-refractivity contribution in [3.05, 3.63) is 47.5 Å². The second kappa shape index (κ2) is 4.31. The van der Waals surface area contributed by atoms with Gasteiger partial charge in [0.2, 0.25) is 0 Å². The molecule has 0 saturated heterocycles. The summed E-state index contributed by atoms with van der Waals surface area (Å²) in [6.07, 6.45) is 1.82. The molecule has 2 heterocycles. The number of benzene rings is 1. The molecule has 0 aliphatic heterocycles. The molecule has 0 fully saturated rings. The zero-order chi connectivity index (χ0) is 12.5. The minimum Gasteiger partial charge on any atom is -0.481 e. The van der Waals surface area contributed by atoms with Crippen molar-refractivity contribution in [3.63, 3.8) is 0 Å². The van der Waals surface area contributed by atoms with Crippen LogP contribution in [0.3, 0.4) is 0 Å². The first kappa shape index (κ1) is 11.0. The largest absolute Gasteiger partial charge is 0.481 e. The van der Waals surface area contributed by atoms with E-state index in [-0.39, 0.29) is 6.42 Å². The molecule has 0 bridgehead atoms. The predicted octanol–water partition coefficient (Wildman–Crippen LogP) is 3.52. The van der Waals surface area contributed by atoms with Crippen LogP contribution in [0.1, 0.15) is 5.56 Å². The lowest BCUT2D eigenvalue weighted by Gasteiger charge is -2.00. The number of rotatable bonds is 3. The summed E-state index contributed by atoms with van der Waals surface area (Å²) in [4.78, 5) is 15.1. The molecule has 0 aliphatic carbocycles. The quantitative estimate of drug-likeness (QED) is 0.754. The molecular weight excluding hydrogens is 246 g/mol. The van der Waals surface area contributed by atoms with Crippen molar-refractivity contribution in [2.75, 3.05) is 0 Å². The van der Waals surface area contributed by atoms with Crippen molar-refractivity contribution >= 4 is 28.2 Å². The number of fused-ring (bicyclic) bond motifs is 1. The number of H-pyrrole nitrogens is 1. The molecule has 0 saturated carbocycles. The summed E-state index contributed by atoms with van der Waals surface area (Å²) >= 11 is 1.68. The Kier molecular flexibility index (Phi) is 2.64. The summed E-state index contributed by atoms with van der Waals surface area (Å²) in [5, 5.41) is 11.9. The van der Waals surface area contributed by atoms with Crippen LogP contribution in [0.4, 0.5) is 0 Å². The number of hydrogen-bond acceptors (Lipinski definition) is 2. The highest BCUT2D eigenvalue weighted by molar-refractivity contribution is 7.13. The zero-order valence-corrected chi connectivity index (χ0v) is 10.3. The van der Waals surface area contributed by atoms with Crippen molar-refractivity contribution in [2.24, 2.45) is 0 Å². The van der Waals surface area contributed by atoms with Crippen LogP contribution in [0.2, 0.25) is 0 Å². The fourth-order valence-electron chi connectivity index (χ4n) is 2.08. The van der Waals surface area contributed by atoms with Crippen molar-refractivity contribution < 1.29 is 9.90 Å². The lowest BCUT2D eigenvalue weighted by molar-refractivity contribution is -0.136. The van der Waals surface area contributed by atoms with Crippen molar-refractivity contribution in [2.45, 2.75) is 6.42 Å². The second-order valence-electron chi connectivity index (χ2n) is 4.12. The van der Waals surface area contributed by atoms with Gasteiger partial charge in [0.15, 0.2) is 0 Å². The number of aromatic nitrogens is 1. The van der Waals surface area contributed by atoms with E-state index in [1.54, 1.807) is 17.5 Å². The van der Waals surface area contributed by atoms with Crippen molar-refractivity contribution in [3.8, 4) is 10.4 Å². The molecule has 1 aromatic carbocycles. The number of thiophene rings is 1. The first-order valence-corrected chi connectivity index (χ1v) is 6.48. The van der Waals surface area contributed by atoms with Crippen LogP contribution in [0.15, 0.2) is 41.9 Å². The van der Waals surface area contributed by atoms with Gasteiger partial charge in [-0.05, 0) is 34.7 Å². The highest BCUT2D eigenvalue weighted by Gasteiger charge is 2.09. The third kappa shape index (κ3) is 1.91. The second-order valence-corrected chi connectivity index (χ2v) is 5.07. The van der Waals surface area contributed by atoms with E-state index < -0.39 is 5.97 Å². The standard InChI is InChI=1S/C14H11NO2S/c16-14(17)7-10-8-15-12-4-3-9(6-11(10)12)13-2-1-5-18-13/h1-6,8,15H,7H2,(H,16,17). The Morgan fingerprint density at radius 2 is 2.22 bits per heavy atom. The molecule has 4 heteroatoms. The van der Waals surface area contributed by atoms with Crippen LogP contribution in [0.25, 0.3) is 21.3 Å². The lowest BCUT2D eigenvalue weighted by Crippen LogP contribution is -1.98. The average Bonchev–Trinajstić information content (AvgIpc) is 2.98. The Bertz CT molecular complexity index is 698. The molecule has 90 valence electrons. The Balaban J connectivity index is 2.12. The van der Waals surface area contributed by atoms with E-state index in [0.29, 0.717) is 0 Å². The van der Waals surface area contributed by atoms with E-state index in [0.717, 1.165) is 22.0 Å². The van der Waals surface area contributed by atoms with Crippen LogP contribution in [0, 0.1) is 0 Å². The number of nitrogens with one attached hydrogen (secondary N) is 1. The molecule has 2 aromatic heterocycles. The molecule has 0 radical (unpaired) electrons. The minimum atomic E-state index is -0.808. The van der Waals surface area contributed by atoms with Gasteiger partial charge in [0.1, 0.15) is 0 Å². The van der Waals surface area contributed by atoms with Gasteiger partial charge in [-0.3, -0.25) is 4.79 Å². The Morgan fingerprint density at radius 1 is 1.33 bits per heavy atom. The van der Waals surface area contributed by atoms with Crippen LogP contribution >= 0.6 is 11.3 Å². The molecule has 18 heavy (non-hydrogen) atoms. The number of aromatic amines is 1. The Morgan fingerprint density at radius 3 is 2.94 bits per heavy atom. The molecule has 0 amide bonds. The number of aliphatic carboxylic acids is 1. The van der Waals surface area contributed by atoms with Gasteiger partial charge in [0.05, 0.1) is 6.42 Å². The first-order valence-electron chi connectivity index (χ1n) is 5.60. The van der Waals surface area contributed by atoms with Gasteiger partial charge in [-0.25, -0.2) is 0 Å².